The zero-order valence-electron chi connectivity index (χ0n) is 14.6. The average Bonchev–Trinajstić information content (AvgIpc) is 3.29. The third-order valence-electron chi connectivity index (χ3n) is 5.08. The molecule has 0 atom stereocenters. The Balaban J connectivity index is 1.71. The Morgan fingerprint density at radius 3 is 2.57 bits per heavy atom. The zero-order chi connectivity index (χ0) is 19.3. The molecule has 1 aliphatic rings. The van der Waals surface area contributed by atoms with E-state index in [0.717, 1.165) is 5.56 Å². The number of nitrogens with zero attached hydrogens (tertiary/aromatic N) is 6. The van der Waals surface area contributed by atoms with Crippen molar-refractivity contribution in [2.45, 2.75) is 25.1 Å². The fourth-order valence-electron chi connectivity index (χ4n) is 3.53. The fourth-order valence-corrected chi connectivity index (χ4v) is 3.53. The first-order chi connectivity index (χ1) is 13.6. The van der Waals surface area contributed by atoms with Gasteiger partial charge in [-0.1, -0.05) is 0 Å². The van der Waals surface area contributed by atoms with E-state index in [0.29, 0.717) is 41.3 Å². The van der Waals surface area contributed by atoms with Crippen LogP contribution in [-0.2, 0) is 0 Å². The largest absolute Gasteiger partial charge is 0.325 e. The van der Waals surface area contributed by atoms with Crippen molar-refractivity contribution in [3.8, 4) is 28.7 Å². The summed E-state index contributed by atoms with van der Waals surface area (Å²) in [5.41, 5.74) is 3.54. The smallest absolute Gasteiger partial charge is 0.162 e. The van der Waals surface area contributed by atoms with Gasteiger partial charge >= 0.3 is 0 Å². The third-order valence-corrected chi connectivity index (χ3v) is 5.08. The first kappa shape index (κ1) is 16.6. The van der Waals surface area contributed by atoms with Crippen molar-refractivity contribution < 1.29 is 8.78 Å². The van der Waals surface area contributed by atoms with E-state index in [1.807, 2.05) is 4.57 Å². The number of fused-ring (bicyclic) bond motifs is 1. The molecule has 8 heteroatoms. The Morgan fingerprint density at radius 2 is 1.86 bits per heavy atom. The summed E-state index contributed by atoms with van der Waals surface area (Å²) in [5, 5.41) is 13.9. The minimum atomic E-state index is -0.816. The summed E-state index contributed by atoms with van der Waals surface area (Å²) in [4.78, 5) is 8.68. The van der Waals surface area contributed by atoms with Crippen molar-refractivity contribution in [2.75, 3.05) is 0 Å². The number of aromatic nitrogens is 5. The topological polar surface area (TPSA) is 71.8 Å². The molecule has 0 saturated heterocycles. The van der Waals surface area contributed by atoms with Gasteiger partial charge in [0.1, 0.15) is 23.8 Å². The van der Waals surface area contributed by atoms with Crippen LogP contribution in [0.5, 0.6) is 0 Å². The molecule has 0 unspecified atom stereocenters. The zero-order valence-corrected chi connectivity index (χ0v) is 14.6. The number of halogens is 2. The van der Waals surface area contributed by atoms with Crippen molar-refractivity contribution in [3.63, 3.8) is 0 Å². The van der Waals surface area contributed by atoms with Crippen LogP contribution >= 0.6 is 0 Å². The fraction of sp³-hybridized carbons (Fsp3) is 0.200. The number of hydrogen-bond acceptors (Lipinski definition) is 4. The molecule has 3 aromatic heterocycles. The van der Waals surface area contributed by atoms with Crippen LogP contribution in [-0.4, -0.2) is 30.3 Å². The van der Waals surface area contributed by atoms with Crippen LogP contribution < -0.4 is 0 Å². The lowest BCUT2D eigenvalue weighted by Gasteiger charge is -2.32. The highest BCUT2D eigenvalue weighted by molar-refractivity contribution is 5.77. The van der Waals surface area contributed by atoms with Gasteiger partial charge in [0.05, 0.1) is 23.9 Å². The second-order valence-corrected chi connectivity index (χ2v) is 6.82. The van der Waals surface area contributed by atoms with Crippen molar-refractivity contribution in [2.24, 2.45) is 0 Å². The minimum Gasteiger partial charge on any atom is -0.325 e. The van der Waals surface area contributed by atoms with Crippen molar-refractivity contribution >= 4 is 5.65 Å². The number of alkyl halides is 1. The average molecular weight is 376 g/mol. The Morgan fingerprint density at radius 1 is 1.07 bits per heavy atom. The third kappa shape index (κ3) is 2.55. The van der Waals surface area contributed by atoms with Crippen LogP contribution in [0.4, 0.5) is 8.78 Å². The summed E-state index contributed by atoms with van der Waals surface area (Å²) >= 11 is 0. The summed E-state index contributed by atoms with van der Waals surface area (Å²) in [7, 11) is 0. The van der Waals surface area contributed by atoms with E-state index >= 15 is 0 Å². The quantitative estimate of drug-likeness (QED) is 0.543. The molecule has 28 heavy (non-hydrogen) atoms. The Bertz CT molecular complexity index is 1210. The van der Waals surface area contributed by atoms with Gasteiger partial charge in [0.25, 0.3) is 0 Å². The van der Waals surface area contributed by atoms with Gasteiger partial charge in [-0.2, -0.15) is 10.4 Å². The molecule has 0 spiro atoms. The van der Waals surface area contributed by atoms with Gasteiger partial charge in [-0.05, 0) is 49.2 Å². The second kappa shape index (κ2) is 6.23. The van der Waals surface area contributed by atoms with Crippen molar-refractivity contribution in [1.82, 2.24) is 24.1 Å². The van der Waals surface area contributed by atoms with Crippen LogP contribution in [0, 0.1) is 17.1 Å². The maximum atomic E-state index is 13.5. The van der Waals surface area contributed by atoms with Gasteiger partial charge in [0.15, 0.2) is 11.3 Å². The lowest BCUT2D eigenvalue weighted by Crippen LogP contribution is -2.28. The molecule has 138 valence electrons. The molecular formula is C20H14F2N6. The molecule has 1 aliphatic carbocycles. The Kier molecular flexibility index (Phi) is 3.69. The van der Waals surface area contributed by atoms with Crippen LogP contribution in [0.1, 0.15) is 24.6 Å². The Labute approximate surface area is 158 Å². The molecule has 5 rings (SSSR count). The summed E-state index contributed by atoms with van der Waals surface area (Å²) in [6.45, 7) is 0. The molecular weight excluding hydrogens is 362 g/mol. The van der Waals surface area contributed by atoms with E-state index in [9.17, 15) is 14.0 Å². The number of benzene rings is 1. The molecule has 6 nitrogen and oxygen atoms in total. The lowest BCUT2D eigenvalue weighted by molar-refractivity contribution is 0.138. The molecule has 0 N–H and O–H groups in total. The standard InChI is InChI=1S/C20H14F2N6/c21-13-3-1-12(2-4-13)19-20(27(11-25-19)15-7-14(22)8-15)17-5-6-18-24-10-16(9-23)28(18)26-17/h1-6,10-11,14-15H,7-8H2. The van der Waals surface area contributed by atoms with E-state index in [-0.39, 0.29) is 11.9 Å². The minimum absolute atomic E-state index is 0.0116. The molecule has 0 radical (unpaired) electrons. The lowest BCUT2D eigenvalue weighted by atomic mass is 9.90. The van der Waals surface area contributed by atoms with E-state index in [1.54, 1.807) is 30.6 Å². The van der Waals surface area contributed by atoms with E-state index < -0.39 is 6.17 Å². The highest BCUT2D eigenvalue weighted by Gasteiger charge is 2.33. The summed E-state index contributed by atoms with van der Waals surface area (Å²) in [5.74, 6) is -0.333. The van der Waals surface area contributed by atoms with E-state index in [2.05, 4.69) is 21.1 Å². The predicted octanol–water partition coefficient (Wildman–Crippen LogP) is 3.94. The molecule has 3 heterocycles. The monoisotopic (exact) mass is 376 g/mol. The molecule has 0 aliphatic heterocycles. The molecule has 1 saturated carbocycles. The molecule has 1 fully saturated rings. The summed E-state index contributed by atoms with van der Waals surface area (Å²) in [6, 6.07) is 11.7. The van der Waals surface area contributed by atoms with Crippen molar-refractivity contribution in [1.29, 1.82) is 5.26 Å². The van der Waals surface area contributed by atoms with Crippen LogP contribution in [0.3, 0.4) is 0 Å². The van der Waals surface area contributed by atoms with Gasteiger partial charge in [-0.25, -0.2) is 23.3 Å². The van der Waals surface area contributed by atoms with Gasteiger partial charge < -0.3 is 4.57 Å². The Hall–Kier alpha value is -3.60. The highest BCUT2D eigenvalue weighted by Crippen LogP contribution is 2.40. The number of hydrogen-bond donors (Lipinski definition) is 0. The van der Waals surface area contributed by atoms with Crippen LogP contribution in [0.15, 0.2) is 48.9 Å². The molecule has 1 aromatic carbocycles. The highest BCUT2D eigenvalue weighted by atomic mass is 19.1. The first-order valence-corrected chi connectivity index (χ1v) is 8.86. The van der Waals surface area contributed by atoms with Crippen molar-refractivity contribution in [3.05, 3.63) is 60.4 Å². The second-order valence-electron chi connectivity index (χ2n) is 6.82. The number of nitriles is 1. The van der Waals surface area contributed by atoms with Gasteiger partial charge in [-0.15, -0.1) is 0 Å². The number of rotatable bonds is 3. The predicted molar refractivity (Wildman–Crippen MR) is 97.5 cm³/mol. The van der Waals surface area contributed by atoms with Crippen LogP contribution in [0.25, 0.3) is 28.3 Å². The molecule has 0 amide bonds. The maximum absolute atomic E-state index is 13.5. The first-order valence-electron chi connectivity index (χ1n) is 8.86. The van der Waals surface area contributed by atoms with Crippen LogP contribution in [0.2, 0.25) is 0 Å². The van der Waals surface area contributed by atoms with E-state index in [4.69, 9.17) is 0 Å². The molecule has 0 bridgehead atoms. The normalized spacial score (nSPS) is 18.8. The molecule has 4 aromatic rings. The van der Waals surface area contributed by atoms with Gasteiger partial charge in [0, 0.05) is 11.6 Å². The van der Waals surface area contributed by atoms with Gasteiger partial charge in [0.2, 0.25) is 0 Å². The SMILES string of the molecule is N#Cc1cnc2ccc(-c3c(-c4ccc(F)cc4)ncn3C3CC(F)C3)nn12. The number of imidazole rings is 2. The van der Waals surface area contributed by atoms with E-state index in [1.165, 1.54) is 22.8 Å². The summed E-state index contributed by atoms with van der Waals surface area (Å²) < 4.78 is 30.2. The van der Waals surface area contributed by atoms with Gasteiger partial charge in [-0.3, -0.25) is 0 Å². The maximum Gasteiger partial charge on any atom is 0.162 e. The summed E-state index contributed by atoms with van der Waals surface area (Å²) in [6.07, 6.45) is 3.16.